The van der Waals surface area contributed by atoms with Crippen molar-refractivity contribution in [1.82, 2.24) is 4.90 Å². The molecule has 3 aromatic carbocycles. The van der Waals surface area contributed by atoms with Gasteiger partial charge >= 0.3 is 11.9 Å². The lowest BCUT2D eigenvalue weighted by Crippen LogP contribution is -2.20. The number of esters is 2. The maximum absolute atomic E-state index is 12.8. The van der Waals surface area contributed by atoms with Crippen LogP contribution < -0.4 is 4.74 Å². The Morgan fingerprint density at radius 3 is 1.90 bits per heavy atom. The van der Waals surface area contributed by atoms with Gasteiger partial charge in [-0.15, -0.1) is 0 Å². The fraction of sp³-hybridized carbons (Fsp3) is 0.231. The van der Waals surface area contributed by atoms with Crippen LogP contribution in [0.2, 0.25) is 0 Å². The summed E-state index contributed by atoms with van der Waals surface area (Å²) in [5, 5.41) is 0. The third-order valence-electron chi connectivity index (χ3n) is 5.39. The number of hydrogen-bond donors (Lipinski definition) is 0. The van der Waals surface area contributed by atoms with E-state index in [4.69, 9.17) is 9.47 Å². The summed E-state index contributed by atoms with van der Waals surface area (Å²) in [6.07, 6.45) is 0. The van der Waals surface area contributed by atoms with Crippen LogP contribution >= 0.6 is 0 Å². The molecule has 1 fully saturated rings. The second kappa shape index (κ2) is 9.14. The minimum Gasteiger partial charge on any atom is -0.465 e. The normalized spacial score (nSPS) is 19.6. The number of benzene rings is 3. The fourth-order valence-electron chi connectivity index (χ4n) is 4.11. The van der Waals surface area contributed by atoms with E-state index in [9.17, 15) is 9.59 Å². The second-order valence-electron chi connectivity index (χ2n) is 7.48. The van der Waals surface area contributed by atoms with Gasteiger partial charge in [-0.2, -0.15) is 0 Å². The quantitative estimate of drug-likeness (QED) is 0.318. The van der Waals surface area contributed by atoms with Gasteiger partial charge in [-0.05, 0) is 35.7 Å². The average Bonchev–Trinajstić information content (AvgIpc) is 3.51. The highest BCUT2D eigenvalue weighted by atomic mass is 16.5. The molecule has 0 spiro atoms. The molecule has 1 aliphatic heterocycles. The Labute approximate surface area is 182 Å². The minimum atomic E-state index is -0.384. The van der Waals surface area contributed by atoms with E-state index in [0.29, 0.717) is 12.4 Å². The van der Waals surface area contributed by atoms with Crippen molar-refractivity contribution in [2.24, 2.45) is 0 Å². The van der Waals surface area contributed by atoms with Crippen molar-refractivity contribution in [2.45, 2.75) is 32.0 Å². The van der Waals surface area contributed by atoms with Gasteiger partial charge in [0.15, 0.2) is 0 Å². The van der Waals surface area contributed by atoms with Gasteiger partial charge in [-0.1, -0.05) is 72.8 Å². The van der Waals surface area contributed by atoms with Gasteiger partial charge in [0, 0.05) is 6.92 Å². The predicted octanol–water partition coefficient (Wildman–Crippen LogP) is 4.69. The predicted molar refractivity (Wildman–Crippen MR) is 117 cm³/mol. The van der Waals surface area contributed by atoms with Gasteiger partial charge in [0.25, 0.3) is 0 Å². The van der Waals surface area contributed by atoms with Crippen LogP contribution in [0.1, 0.15) is 42.6 Å². The van der Waals surface area contributed by atoms with Gasteiger partial charge < -0.3 is 9.47 Å². The molecular weight excluding hydrogens is 390 g/mol. The fourth-order valence-corrected chi connectivity index (χ4v) is 4.11. The molecule has 5 heteroatoms. The van der Waals surface area contributed by atoms with E-state index in [-0.39, 0.29) is 30.1 Å². The lowest BCUT2D eigenvalue weighted by molar-refractivity contribution is -0.143. The summed E-state index contributed by atoms with van der Waals surface area (Å²) in [7, 11) is 0. The summed E-state index contributed by atoms with van der Waals surface area (Å²) in [5.41, 5.74) is 3.20. The molecule has 4 rings (SSSR count). The lowest BCUT2D eigenvalue weighted by atomic mass is 9.98. The van der Waals surface area contributed by atoms with Crippen LogP contribution in [0.4, 0.5) is 0 Å². The molecule has 0 bridgehead atoms. The van der Waals surface area contributed by atoms with Crippen molar-refractivity contribution < 1.29 is 19.1 Å². The Morgan fingerprint density at radius 1 is 0.871 bits per heavy atom. The van der Waals surface area contributed by atoms with Gasteiger partial charge in [-0.3, -0.25) is 14.5 Å². The first-order valence-electron chi connectivity index (χ1n) is 10.4. The van der Waals surface area contributed by atoms with Crippen LogP contribution in [-0.2, 0) is 14.3 Å². The van der Waals surface area contributed by atoms with Crippen molar-refractivity contribution in [3.63, 3.8) is 0 Å². The Hall–Kier alpha value is -3.44. The lowest BCUT2D eigenvalue weighted by Gasteiger charge is -2.21. The molecule has 31 heavy (non-hydrogen) atoms. The largest absolute Gasteiger partial charge is 0.465 e. The molecule has 3 atom stereocenters. The third-order valence-corrected chi connectivity index (χ3v) is 5.39. The third kappa shape index (κ3) is 4.52. The Bertz CT molecular complexity index is 995. The van der Waals surface area contributed by atoms with E-state index in [1.807, 2.05) is 55.5 Å². The van der Waals surface area contributed by atoms with Gasteiger partial charge in [0.1, 0.15) is 11.8 Å². The minimum absolute atomic E-state index is 0.0880. The van der Waals surface area contributed by atoms with Gasteiger partial charge in [-0.25, -0.2) is 0 Å². The summed E-state index contributed by atoms with van der Waals surface area (Å²) in [6.45, 7) is 3.53. The number of carbonyl (C=O) groups is 2. The first-order chi connectivity index (χ1) is 15.1. The van der Waals surface area contributed by atoms with Crippen LogP contribution in [0.15, 0.2) is 84.9 Å². The number of nitrogens with zero attached hydrogens (tertiary/aromatic N) is 1. The van der Waals surface area contributed by atoms with E-state index in [1.54, 1.807) is 12.1 Å². The molecule has 1 saturated heterocycles. The topological polar surface area (TPSA) is 55.6 Å². The first-order valence-corrected chi connectivity index (χ1v) is 10.4. The van der Waals surface area contributed by atoms with E-state index >= 15 is 0 Å². The van der Waals surface area contributed by atoms with E-state index in [0.717, 1.165) is 16.7 Å². The van der Waals surface area contributed by atoms with Crippen molar-refractivity contribution in [1.29, 1.82) is 0 Å². The molecular formula is C26H25NO4. The summed E-state index contributed by atoms with van der Waals surface area (Å²) in [4.78, 5) is 26.3. The molecule has 1 unspecified atom stereocenters. The molecule has 5 nitrogen and oxygen atoms in total. The monoisotopic (exact) mass is 415 g/mol. The molecule has 3 aromatic rings. The maximum Gasteiger partial charge on any atom is 0.325 e. The standard InChI is InChI=1S/C26H25NO4/c1-3-30-26(29)25-24(21-14-16-22(17-15-21)31-18(2)28)27(25)23(19-10-6-4-7-11-19)20-12-8-5-9-13-20/h4-17,23-25H,3H2,1-2H3/t24-,25+,27?/m0/s1. The molecule has 1 aliphatic rings. The summed E-state index contributed by atoms with van der Waals surface area (Å²) >= 11 is 0. The van der Waals surface area contributed by atoms with Crippen LogP contribution in [0, 0.1) is 0 Å². The molecule has 1 heterocycles. The van der Waals surface area contributed by atoms with Gasteiger partial charge in [0.05, 0.1) is 18.7 Å². The van der Waals surface area contributed by atoms with E-state index < -0.39 is 0 Å². The smallest absolute Gasteiger partial charge is 0.325 e. The van der Waals surface area contributed by atoms with Crippen LogP contribution in [0.25, 0.3) is 0 Å². The Morgan fingerprint density at radius 2 is 1.42 bits per heavy atom. The number of rotatable bonds is 7. The molecule has 0 N–H and O–H groups in total. The van der Waals surface area contributed by atoms with Crippen LogP contribution in [0.5, 0.6) is 5.75 Å². The molecule has 0 saturated carbocycles. The van der Waals surface area contributed by atoms with Crippen molar-refractivity contribution in [2.75, 3.05) is 6.61 Å². The highest BCUT2D eigenvalue weighted by Gasteiger charge is 2.57. The molecule has 0 amide bonds. The zero-order chi connectivity index (χ0) is 21.8. The summed E-state index contributed by atoms with van der Waals surface area (Å²) in [6, 6.07) is 27.1. The maximum atomic E-state index is 12.8. The van der Waals surface area contributed by atoms with Crippen molar-refractivity contribution >= 4 is 11.9 Å². The van der Waals surface area contributed by atoms with Crippen LogP contribution in [0.3, 0.4) is 0 Å². The highest BCUT2D eigenvalue weighted by Crippen LogP contribution is 2.52. The summed E-state index contributed by atoms with van der Waals surface area (Å²) in [5.74, 6) is -0.106. The summed E-state index contributed by atoms with van der Waals surface area (Å²) < 4.78 is 10.5. The SMILES string of the molecule is CCOC(=O)[C@H]1[C@H](c2ccc(OC(C)=O)cc2)N1C(c1ccccc1)c1ccccc1. The Kier molecular flexibility index (Phi) is 6.14. The molecule has 158 valence electrons. The van der Waals surface area contributed by atoms with E-state index in [2.05, 4.69) is 29.2 Å². The Balaban J connectivity index is 1.71. The van der Waals surface area contributed by atoms with Crippen molar-refractivity contribution in [3.05, 3.63) is 102 Å². The molecule has 0 aliphatic carbocycles. The zero-order valence-electron chi connectivity index (χ0n) is 17.6. The molecule has 0 radical (unpaired) electrons. The van der Waals surface area contributed by atoms with Crippen molar-refractivity contribution in [3.8, 4) is 5.75 Å². The number of hydrogen-bond acceptors (Lipinski definition) is 5. The highest BCUT2D eigenvalue weighted by molar-refractivity contribution is 5.81. The molecule has 0 aromatic heterocycles. The second-order valence-corrected chi connectivity index (χ2v) is 7.48. The first kappa shape index (κ1) is 20.8. The average molecular weight is 415 g/mol. The van der Waals surface area contributed by atoms with Crippen LogP contribution in [-0.4, -0.2) is 29.5 Å². The van der Waals surface area contributed by atoms with E-state index in [1.165, 1.54) is 6.92 Å². The number of carbonyl (C=O) groups excluding carboxylic acids is 2. The van der Waals surface area contributed by atoms with Gasteiger partial charge in [0.2, 0.25) is 0 Å². The number of ether oxygens (including phenoxy) is 2. The zero-order valence-corrected chi connectivity index (χ0v) is 17.6.